The minimum absolute atomic E-state index is 0.0392. The number of amides is 1. The van der Waals surface area contributed by atoms with Gasteiger partial charge < -0.3 is 10.2 Å². The molecule has 31 heavy (non-hydrogen) atoms. The van der Waals surface area contributed by atoms with Crippen molar-refractivity contribution < 1.29 is 13.2 Å². The predicted molar refractivity (Wildman–Crippen MR) is 126 cm³/mol. The molecule has 2 aromatic carbocycles. The largest absolute Gasteiger partial charge is 0.378 e. The van der Waals surface area contributed by atoms with E-state index in [1.54, 1.807) is 13.0 Å². The van der Waals surface area contributed by atoms with Gasteiger partial charge >= 0.3 is 0 Å². The lowest BCUT2D eigenvalue weighted by Crippen LogP contribution is -2.14. The van der Waals surface area contributed by atoms with Crippen LogP contribution in [0.5, 0.6) is 0 Å². The molecular formula is C23H25N3O3S2. The zero-order chi connectivity index (χ0) is 22.3. The monoisotopic (exact) mass is 455 g/mol. The molecule has 1 heterocycles. The van der Waals surface area contributed by atoms with Crippen LogP contribution in [0.4, 0.5) is 10.8 Å². The van der Waals surface area contributed by atoms with Gasteiger partial charge in [-0.25, -0.2) is 13.4 Å². The molecule has 2 unspecified atom stereocenters. The van der Waals surface area contributed by atoms with Crippen LogP contribution in [-0.2, 0) is 14.6 Å². The quantitative estimate of drug-likeness (QED) is 0.598. The van der Waals surface area contributed by atoms with E-state index in [-0.39, 0.29) is 17.7 Å². The van der Waals surface area contributed by atoms with Gasteiger partial charge in [0.2, 0.25) is 5.91 Å². The van der Waals surface area contributed by atoms with Gasteiger partial charge in [-0.2, -0.15) is 0 Å². The van der Waals surface area contributed by atoms with Crippen molar-refractivity contribution in [2.24, 2.45) is 5.92 Å². The number of rotatable bonds is 6. The van der Waals surface area contributed by atoms with Gasteiger partial charge in [-0.15, -0.1) is 11.3 Å². The lowest BCUT2D eigenvalue weighted by molar-refractivity contribution is -0.117. The van der Waals surface area contributed by atoms with E-state index in [2.05, 4.69) is 16.4 Å². The summed E-state index contributed by atoms with van der Waals surface area (Å²) in [5.41, 5.74) is 4.53. The lowest BCUT2D eigenvalue weighted by atomic mass is 10.1. The molecule has 0 aliphatic heterocycles. The Bertz CT molecular complexity index is 1250. The van der Waals surface area contributed by atoms with Crippen molar-refractivity contribution in [3.8, 4) is 11.3 Å². The number of sulfone groups is 1. The summed E-state index contributed by atoms with van der Waals surface area (Å²) in [7, 11) is 0.690. The van der Waals surface area contributed by atoms with Crippen LogP contribution in [0.15, 0.2) is 52.7 Å². The van der Waals surface area contributed by atoms with Crippen LogP contribution < -0.4 is 10.2 Å². The van der Waals surface area contributed by atoms with Crippen molar-refractivity contribution in [3.63, 3.8) is 0 Å². The number of anilines is 2. The standard InChI is InChI=1S/C23H25N3O3S2/c1-14-8-9-15(11-21(14)31(4,28)29)18-12-19(18)22(27)25-23-24-20(13-30-23)16-6-5-7-17(10-16)26(2)3/h5-11,13,18-19H,12H2,1-4H3,(H,24,25,27). The zero-order valence-corrected chi connectivity index (χ0v) is 19.5. The summed E-state index contributed by atoms with van der Waals surface area (Å²) >= 11 is 1.40. The molecule has 1 aromatic heterocycles. The minimum Gasteiger partial charge on any atom is -0.378 e. The first kappa shape index (κ1) is 21.5. The lowest BCUT2D eigenvalue weighted by Gasteiger charge is -2.12. The SMILES string of the molecule is Cc1ccc(C2CC2C(=O)Nc2nc(-c3cccc(N(C)C)c3)cs2)cc1S(C)(=O)=O. The molecule has 162 valence electrons. The van der Waals surface area contributed by atoms with Gasteiger partial charge in [0.1, 0.15) is 0 Å². The highest BCUT2D eigenvalue weighted by Crippen LogP contribution is 2.48. The molecule has 4 rings (SSSR count). The Morgan fingerprint density at radius 1 is 1.19 bits per heavy atom. The Morgan fingerprint density at radius 2 is 1.97 bits per heavy atom. The molecule has 1 fully saturated rings. The molecule has 2 atom stereocenters. The van der Waals surface area contributed by atoms with Crippen LogP contribution in [0, 0.1) is 12.8 Å². The van der Waals surface area contributed by atoms with Crippen molar-refractivity contribution in [2.45, 2.75) is 24.2 Å². The number of aromatic nitrogens is 1. The first-order chi connectivity index (χ1) is 14.6. The minimum atomic E-state index is -3.29. The maximum absolute atomic E-state index is 12.7. The van der Waals surface area contributed by atoms with Crippen molar-refractivity contribution >= 4 is 37.9 Å². The van der Waals surface area contributed by atoms with Crippen LogP contribution in [0.3, 0.4) is 0 Å². The van der Waals surface area contributed by atoms with E-state index < -0.39 is 9.84 Å². The van der Waals surface area contributed by atoms with Gasteiger partial charge in [-0.1, -0.05) is 24.3 Å². The van der Waals surface area contributed by atoms with Crippen LogP contribution >= 0.6 is 11.3 Å². The summed E-state index contributed by atoms with van der Waals surface area (Å²) in [6, 6.07) is 13.5. The van der Waals surface area contributed by atoms with Crippen molar-refractivity contribution in [3.05, 3.63) is 59.0 Å². The van der Waals surface area contributed by atoms with Crippen molar-refractivity contribution in [1.82, 2.24) is 4.98 Å². The maximum Gasteiger partial charge on any atom is 0.229 e. The van der Waals surface area contributed by atoms with E-state index in [1.807, 2.05) is 54.7 Å². The first-order valence-corrected chi connectivity index (χ1v) is 12.8. The number of carbonyl (C=O) groups excluding carboxylic acids is 1. The first-order valence-electron chi connectivity index (χ1n) is 9.98. The van der Waals surface area contributed by atoms with Gasteiger partial charge in [-0.3, -0.25) is 4.79 Å². The van der Waals surface area contributed by atoms with E-state index in [4.69, 9.17) is 0 Å². The second-order valence-corrected chi connectivity index (χ2v) is 11.1. The van der Waals surface area contributed by atoms with Gasteiger partial charge in [0.05, 0.1) is 10.6 Å². The topological polar surface area (TPSA) is 79.4 Å². The smallest absolute Gasteiger partial charge is 0.229 e. The summed E-state index contributed by atoms with van der Waals surface area (Å²) in [5.74, 6) is -0.203. The average molecular weight is 456 g/mol. The molecule has 1 aliphatic rings. The number of benzene rings is 2. The Hall–Kier alpha value is -2.71. The molecule has 0 saturated heterocycles. The second-order valence-electron chi connectivity index (χ2n) is 8.22. The Morgan fingerprint density at radius 3 is 2.68 bits per heavy atom. The van der Waals surface area contributed by atoms with Crippen LogP contribution in [0.1, 0.15) is 23.5 Å². The predicted octanol–water partition coefficient (Wildman–Crippen LogP) is 4.33. The van der Waals surface area contributed by atoms with Gasteiger partial charge in [0.25, 0.3) is 0 Å². The molecule has 1 amide bonds. The average Bonchev–Trinajstić information content (AvgIpc) is 3.39. The van der Waals surface area contributed by atoms with Crippen molar-refractivity contribution in [1.29, 1.82) is 0 Å². The molecule has 1 N–H and O–H groups in total. The third-order valence-electron chi connectivity index (χ3n) is 5.56. The van der Waals surface area contributed by atoms with E-state index in [9.17, 15) is 13.2 Å². The van der Waals surface area contributed by atoms with Crippen molar-refractivity contribution in [2.75, 3.05) is 30.6 Å². The molecule has 3 aromatic rings. The fourth-order valence-electron chi connectivity index (χ4n) is 3.71. The molecule has 6 nitrogen and oxygen atoms in total. The highest BCUT2D eigenvalue weighted by Gasteiger charge is 2.44. The zero-order valence-electron chi connectivity index (χ0n) is 17.9. The highest BCUT2D eigenvalue weighted by molar-refractivity contribution is 7.90. The van der Waals surface area contributed by atoms with Crippen LogP contribution in [0.2, 0.25) is 0 Å². The summed E-state index contributed by atoms with van der Waals surface area (Å²) < 4.78 is 24.0. The molecule has 0 radical (unpaired) electrons. The summed E-state index contributed by atoms with van der Waals surface area (Å²) in [4.78, 5) is 19.7. The molecule has 8 heteroatoms. The van der Waals surface area contributed by atoms with Crippen LogP contribution in [0.25, 0.3) is 11.3 Å². The van der Waals surface area contributed by atoms with E-state index >= 15 is 0 Å². The molecule has 0 spiro atoms. The Kier molecular flexibility index (Phi) is 5.61. The van der Waals surface area contributed by atoms with E-state index in [0.29, 0.717) is 16.4 Å². The molecular weight excluding hydrogens is 430 g/mol. The fourth-order valence-corrected chi connectivity index (χ4v) is 5.43. The summed E-state index contributed by atoms with van der Waals surface area (Å²) in [6.45, 7) is 1.78. The number of hydrogen-bond donors (Lipinski definition) is 1. The number of hydrogen-bond acceptors (Lipinski definition) is 6. The van der Waals surface area contributed by atoms with E-state index in [1.165, 1.54) is 17.6 Å². The third-order valence-corrected chi connectivity index (χ3v) is 7.56. The molecule has 1 aliphatic carbocycles. The number of thiazole rings is 1. The Balaban J connectivity index is 1.45. The fraction of sp³-hybridized carbons (Fsp3) is 0.304. The Labute approximate surface area is 186 Å². The number of nitrogens with zero attached hydrogens (tertiary/aromatic N) is 2. The van der Waals surface area contributed by atoms with Gasteiger partial charge in [0, 0.05) is 42.9 Å². The molecule has 0 bridgehead atoms. The summed E-state index contributed by atoms with van der Waals surface area (Å²) in [5, 5.41) is 5.44. The number of carbonyl (C=O) groups is 1. The number of aryl methyl sites for hydroxylation is 1. The summed E-state index contributed by atoms with van der Waals surface area (Å²) in [6.07, 6.45) is 1.92. The molecule has 1 saturated carbocycles. The normalized spacial score (nSPS) is 17.9. The van der Waals surface area contributed by atoms with Gasteiger partial charge in [-0.05, 0) is 48.6 Å². The highest BCUT2D eigenvalue weighted by atomic mass is 32.2. The van der Waals surface area contributed by atoms with E-state index in [0.717, 1.165) is 28.1 Å². The second kappa shape index (κ2) is 8.09. The van der Waals surface area contributed by atoms with Gasteiger partial charge in [0.15, 0.2) is 15.0 Å². The van der Waals surface area contributed by atoms with Crippen LogP contribution in [-0.4, -0.2) is 39.7 Å². The maximum atomic E-state index is 12.7. The third kappa shape index (κ3) is 4.65. The number of nitrogens with one attached hydrogen (secondary N) is 1.